The van der Waals surface area contributed by atoms with Crippen LogP contribution in [0, 0.1) is 18.6 Å². The van der Waals surface area contributed by atoms with Crippen LogP contribution >= 0.6 is 0 Å². The smallest absolute Gasteiger partial charge is 0.339 e. The summed E-state index contributed by atoms with van der Waals surface area (Å²) in [6.07, 6.45) is 0. The van der Waals surface area contributed by atoms with Crippen LogP contribution in [0.25, 0.3) is 0 Å². The monoisotopic (exact) mass is 264 g/mol. The molecule has 0 unspecified atom stereocenters. The first-order valence-corrected chi connectivity index (χ1v) is 5.44. The maximum atomic E-state index is 13.4. The SMILES string of the molecule is Cc1ccc(C(=O)O)c(Oc2cc(F)ccc2F)c1. The lowest BCUT2D eigenvalue weighted by Crippen LogP contribution is -2.01. The number of benzene rings is 2. The van der Waals surface area contributed by atoms with Gasteiger partial charge in [-0.2, -0.15) is 0 Å². The molecule has 0 spiro atoms. The standard InChI is InChI=1S/C14H10F2O3/c1-8-2-4-10(14(17)18)12(6-8)19-13-7-9(15)3-5-11(13)16/h2-7H,1H3,(H,17,18). The van der Waals surface area contributed by atoms with Gasteiger partial charge in [0.1, 0.15) is 17.1 Å². The van der Waals surface area contributed by atoms with E-state index in [4.69, 9.17) is 9.84 Å². The Morgan fingerprint density at radius 1 is 1.11 bits per heavy atom. The maximum Gasteiger partial charge on any atom is 0.339 e. The van der Waals surface area contributed by atoms with Crippen molar-refractivity contribution in [3.05, 3.63) is 59.2 Å². The lowest BCUT2D eigenvalue weighted by atomic mass is 10.1. The first kappa shape index (κ1) is 13.0. The Hall–Kier alpha value is -2.43. The Labute approximate surface area is 108 Å². The van der Waals surface area contributed by atoms with Gasteiger partial charge in [0.05, 0.1) is 0 Å². The van der Waals surface area contributed by atoms with Gasteiger partial charge in [-0.3, -0.25) is 0 Å². The molecule has 19 heavy (non-hydrogen) atoms. The van der Waals surface area contributed by atoms with Crippen LogP contribution in [0.1, 0.15) is 15.9 Å². The molecule has 0 radical (unpaired) electrons. The van der Waals surface area contributed by atoms with Gasteiger partial charge in [0.2, 0.25) is 0 Å². The highest BCUT2D eigenvalue weighted by Gasteiger charge is 2.14. The van der Waals surface area contributed by atoms with Gasteiger partial charge in [-0.25, -0.2) is 13.6 Å². The van der Waals surface area contributed by atoms with E-state index < -0.39 is 17.6 Å². The molecule has 2 aromatic carbocycles. The molecule has 0 aliphatic carbocycles. The van der Waals surface area contributed by atoms with Gasteiger partial charge in [-0.15, -0.1) is 0 Å². The van der Waals surface area contributed by atoms with Crippen LogP contribution in [0.15, 0.2) is 36.4 Å². The van der Waals surface area contributed by atoms with Crippen molar-refractivity contribution in [1.82, 2.24) is 0 Å². The number of ether oxygens (including phenoxy) is 1. The largest absolute Gasteiger partial charge is 0.478 e. The summed E-state index contributed by atoms with van der Waals surface area (Å²) < 4.78 is 31.6. The lowest BCUT2D eigenvalue weighted by Gasteiger charge is -2.10. The number of carboxylic acid groups (broad SMARTS) is 1. The molecule has 0 aromatic heterocycles. The Balaban J connectivity index is 2.45. The fourth-order valence-electron chi connectivity index (χ4n) is 1.56. The Bertz CT molecular complexity index is 639. The second-order valence-corrected chi connectivity index (χ2v) is 3.98. The molecule has 0 aliphatic heterocycles. The van der Waals surface area contributed by atoms with Crippen LogP contribution in [0.4, 0.5) is 8.78 Å². The van der Waals surface area contributed by atoms with E-state index in [-0.39, 0.29) is 17.1 Å². The molecular formula is C14H10F2O3. The van der Waals surface area contributed by atoms with Crippen LogP contribution in [0.5, 0.6) is 11.5 Å². The topological polar surface area (TPSA) is 46.5 Å². The molecule has 5 heteroatoms. The van der Waals surface area contributed by atoms with Gasteiger partial charge in [0.15, 0.2) is 11.6 Å². The summed E-state index contributed by atoms with van der Waals surface area (Å²) in [4.78, 5) is 11.0. The summed E-state index contributed by atoms with van der Waals surface area (Å²) in [5, 5.41) is 9.01. The van der Waals surface area contributed by atoms with E-state index in [1.165, 1.54) is 12.1 Å². The van der Waals surface area contributed by atoms with E-state index in [1.54, 1.807) is 13.0 Å². The van der Waals surface area contributed by atoms with Crippen molar-refractivity contribution < 1.29 is 23.4 Å². The molecule has 0 saturated heterocycles. The van der Waals surface area contributed by atoms with Crippen molar-refractivity contribution in [3.63, 3.8) is 0 Å². The normalized spacial score (nSPS) is 10.3. The van der Waals surface area contributed by atoms with E-state index in [9.17, 15) is 13.6 Å². The molecule has 98 valence electrons. The maximum absolute atomic E-state index is 13.4. The third-order valence-electron chi connectivity index (χ3n) is 2.48. The average Bonchev–Trinajstić information content (AvgIpc) is 2.33. The Morgan fingerprint density at radius 3 is 2.53 bits per heavy atom. The quantitative estimate of drug-likeness (QED) is 0.918. The van der Waals surface area contributed by atoms with E-state index in [1.807, 2.05) is 0 Å². The van der Waals surface area contributed by atoms with Crippen LogP contribution in [-0.4, -0.2) is 11.1 Å². The second kappa shape index (κ2) is 5.06. The van der Waals surface area contributed by atoms with Gasteiger partial charge in [0, 0.05) is 6.07 Å². The summed E-state index contributed by atoms with van der Waals surface area (Å²) in [5.41, 5.74) is 0.631. The highest BCUT2D eigenvalue weighted by atomic mass is 19.1. The zero-order chi connectivity index (χ0) is 14.0. The second-order valence-electron chi connectivity index (χ2n) is 3.98. The molecule has 0 atom stereocenters. The van der Waals surface area contributed by atoms with Gasteiger partial charge in [-0.05, 0) is 36.8 Å². The zero-order valence-corrected chi connectivity index (χ0v) is 9.98. The number of aryl methyl sites for hydroxylation is 1. The fraction of sp³-hybridized carbons (Fsp3) is 0.0714. The van der Waals surface area contributed by atoms with Gasteiger partial charge < -0.3 is 9.84 Å². The van der Waals surface area contributed by atoms with Crippen molar-refractivity contribution in [1.29, 1.82) is 0 Å². The summed E-state index contributed by atoms with van der Waals surface area (Å²) in [5.74, 6) is -3.02. The molecular weight excluding hydrogens is 254 g/mol. The molecule has 0 amide bonds. The molecule has 0 aliphatic rings. The number of carboxylic acids is 1. The molecule has 0 bridgehead atoms. The molecule has 2 aromatic rings. The van der Waals surface area contributed by atoms with Gasteiger partial charge in [-0.1, -0.05) is 6.07 Å². The third kappa shape index (κ3) is 2.88. The summed E-state index contributed by atoms with van der Waals surface area (Å²) in [6, 6.07) is 7.14. The van der Waals surface area contributed by atoms with Crippen molar-refractivity contribution in [2.45, 2.75) is 6.92 Å². The number of carbonyl (C=O) groups is 1. The van der Waals surface area contributed by atoms with Crippen LogP contribution < -0.4 is 4.74 Å². The van der Waals surface area contributed by atoms with Crippen molar-refractivity contribution in [3.8, 4) is 11.5 Å². The minimum atomic E-state index is -1.20. The van der Waals surface area contributed by atoms with E-state index in [0.29, 0.717) is 0 Å². The molecule has 0 heterocycles. The van der Waals surface area contributed by atoms with Gasteiger partial charge >= 0.3 is 5.97 Å². The number of halogens is 2. The summed E-state index contributed by atoms with van der Waals surface area (Å²) in [6.45, 7) is 1.74. The van der Waals surface area contributed by atoms with Crippen LogP contribution in [0.2, 0.25) is 0 Å². The van der Waals surface area contributed by atoms with E-state index in [0.717, 1.165) is 23.8 Å². The Kier molecular flexibility index (Phi) is 3.46. The fourth-order valence-corrected chi connectivity index (χ4v) is 1.56. The average molecular weight is 264 g/mol. The molecule has 2 rings (SSSR count). The minimum absolute atomic E-state index is 0.0306. The molecule has 1 N–H and O–H groups in total. The molecule has 0 fully saturated rings. The minimum Gasteiger partial charge on any atom is -0.478 e. The van der Waals surface area contributed by atoms with E-state index in [2.05, 4.69) is 0 Å². The van der Waals surface area contributed by atoms with Crippen LogP contribution in [-0.2, 0) is 0 Å². The Morgan fingerprint density at radius 2 is 1.84 bits per heavy atom. The molecule has 0 saturated carbocycles. The number of hydrogen-bond acceptors (Lipinski definition) is 2. The highest BCUT2D eigenvalue weighted by molar-refractivity contribution is 5.91. The highest BCUT2D eigenvalue weighted by Crippen LogP contribution is 2.29. The van der Waals surface area contributed by atoms with Crippen molar-refractivity contribution in [2.24, 2.45) is 0 Å². The predicted molar refractivity (Wildman–Crippen MR) is 64.6 cm³/mol. The zero-order valence-electron chi connectivity index (χ0n) is 9.98. The van der Waals surface area contributed by atoms with Crippen LogP contribution in [0.3, 0.4) is 0 Å². The first-order chi connectivity index (χ1) is 8.97. The van der Waals surface area contributed by atoms with Crippen molar-refractivity contribution in [2.75, 3.05) is 0 Å². The molecule has 3 nitrogen and oxygen atoms in total. The first-order valence-electron chi connectivity index (χ1n) is 5.44. The summed E-state index contributed by atoms with van der Waals surface area (Å²) in [7, 11) is 0. The lowest BCUT2D eigenvalue weighted by molar-refractivity contribution is 0.0694. The van der Waals surface area contributed by atoms with Gasteiger partial charge in [0.25, 0.3) is 0 Å². The van der Waals surface area contributed by atoms with E-state index >= 15 is 0 Å². The summed E-state index contributed by atoms with van der Waals surface area (Å²) >= 11 is 0. The number of aromatic carboxylic acids is 1. The predicted octanol–water partition coefficient (Wildman–Crippen LogP) is 3.76. The number of hydrogen-bond donors (Lipinski definition) is 1. The number of rotatable bonds is 3. The third-order valence-corrected chi connectivity index (χ3v) is 2.48. The van der Waals surface area contributed by atoms with Crippen molar-refractivity contribution >= 4 is 5.97 Å².